The summed E-state index contributed by atoms with van der Waals surface area (Å²) >= 11 is 0. The first-order chi connectivity index (χ1) is 21.3. The van der Waals surface area contributed by atoms with E-state index in [9.17, 15) is 29.4 Å². The topological polar surface area (TPSA) is 130 Å². The van der Waals surface area contributed by atoms with Gasteiger partial charge in [0.15, 0.2) is 4.87 Å². The van der Waals surface area contributed by atoms with E-state index < -0.39 is 38.5 Å². The fourth-order valence-electron chi connectivity index (χ4n) is 5.70. The Balaban J connectivity index is 1.23. The maximum atomic E-state index is 13.4. The predicted octanol–water partition coefficient (Wildman–Crippen LogP) is 2.70. The van der Waals surface area contributed by atoms with Crippen molar-refractivity contribution in [1.82, 2.24) is 20.0 Å². The van der Waals surface area contributed by atoms with Crippen molar-refractivity contribution in [2.24, 2.45) is 0 Å². The summed E-state index contributed by atoms with van der Waals surface area (Å²) in [7, 11) is 11.4. The average molecular weight is 689 g/mol. The normalized spacial score (nSPS) is 30.0. The Hall–Kier alpha value is -2.62. The molecule has 2 aromatic rings. The monoisotopic (exact) mass is 688 g/mol. The molecule has 0 aliphatic carbocycles. The molecule has 4 atom stereocenters. The van der Waals surface area contributed by atoms with Crippen molar-refractivity contribution in [3.8, 4) is 0 Å². The van der Waals surface area contributed by atoms with Crippen LogP contribution in [0.5, 0.6) is 0 Å². The molecule has 4 aliphatic rings. The number of hydrogen-bond acceptors (Lipinski definition) is 10. The van der Waals surface area contributed by atoms with Gasteiger partial charge < -0.3 is 30.2 Å². The second-order valence-electron chi connectivity index (χ2n) is 11.6. The van der Waals surface area contributed by atoms with Gasteiger partial charge in [0, 0.05) is 34.6 Å². The highest BCUT2D eigenvalue weighted by atomic mass is 33.1. The molecule has 0 saturated carbocycles. The predicted molar refractivity (Wildman–Crippen MR) is 183 cm³/mol. The lowest BCUT2D eigenvalue weighted by Crippen LogP contribution is -2.77. The first-order valence-corrected chi connectivity index (χ1v) is 18.5. The minimum Gasteiger partial charge on any atom is -0.392 e. The first-order valence-electron chi connectivity index (χ1n) is 14.2. The van der Waals surface area contributed by atoms with Crippen LogP contribution >= 0.6 is 43.2 Å². The van der Waals surface area contributed by atoms with Gasteiger partial charge in [0.25, 0.3) is 17.7 Å². The van der Waals surface area contributed by atoms with Gasteiger partial charge in [-0.15, -0.1) is 0 Å². The Morgan fingerprint density at radius 1 is 0.711 bits per heavy atom. The number of nitrogens with one attached hydrogen (secondary N) is 1. The van der Waals surface area contributed by atoms with E-state index in [4.69, 9.17) is 0 Å². The highest BCUT2D eigenvalue weighted by Crippen LogP contribution is 2.59. The van der Waals surface area contributed by atoms with Crippen molar-refractivity contribution >= 4 is 79.0 Å². The molecule has 4 heterocycles. The Morgan fingerprint density at radius 3 is 1.71 bits per heavy atom. The van der Waals surface area contributed by atoms with Crippen LogP contribution in [-0.4, -0.2) is 109 Å². The summed E-state index contributed by atoms with van der Waals surface area (Å²) in [6, 6.07) is 15.8. The van der Waals surface area contributed by atoms with Crippen molar-refractivity contribution in [3.63, 3.8) is 0 Å². The van der Waals surface area contributed by atoms with Crippen LogP contribution < -0.4 is 5.32 Å². The van der Waals surface area contributed by atoms with E-state index in [-0.39, 0.29) is 17.7 Å². The van der Waals surface area contributed by atoms with Gasteiger partial charge in [0.05, 0.1) is 13.2 Å². The van der Waals surface area contributed by atoms with Crippen molar-refractivity contribution in [3.05, 3.63) is 70.8 Å². The fraction of sp³-hybridized carbons (Fsp3) is 0.419. The van der Waals surface area contributed by atoms with E-state index >= 15 is 0 Å². The molecule has 0 aromatic heterocycles. The molecule has 4 amide bonds. The number of aliphatic hydroxyl groups excluding tert-OH is 2. The van der Waals surface area contributed by atoms with Crippen LogP contribution in [0.4, 0.5) is 0 Å². The molecule has 4 saturated heterocycles. The lowest BCUT2D eigenvalue weighted by Gasteiger charge is -2.58. The smallest absolute Gasteiger partial charge is 0.263 e. The molecule has 0 unspecified atom stereocenters. The van der Waals surface area contributed by atoms with E-state index in [1.807, 2.05) is 67.6 Å². The number of benzene rings is 2. The zero-order valence-electron chi connectivity index (χ0n) is 25.6. The van der Waals surface area contributed by atoms with Gasteiger partial charge in [-0.25, -0.2) is 0 Å². The third kappa shape index (κ3) is 5.46. The SMILES string of the molecule is CNC(=O)[C@]1(CO)SS[C@@](C)(Cc2ccc(/C=C/c3ccc(C[C@@]45SS[C@@](CO)(C(=O)N4C)N(C)C5=O)cc3)cc2)C(=O)N1C. The first kappa shape index (κ1) is 33.7. The van der Waals surface area contributed by atoms with Gasteiger partial charge in [-0.2, -0.15) is 0 Å². The maximum absolute atomic E-state index is 13.4. The van der Waals surface area contributed by atoms with Gasteiger partial charge in [0.2, 0.25) is 15.6 Å². The van der Waals surface area contributed by atoms with Crippen molar-refractivity contribution in [1.29, 1.82) is 0 Å². The molecule has 14 heteroatoms. The quantitative estimate of drug-likeness (QED) is 0.267. The summed E-state index contributed by atoms with van der Waals surface area (Å²) in [5, 5.41) is 22.4. The molecule has 2 aromatic carbocycles. The Morgan fingerprint density at radius 2 is 1.20 bits per heavy atom. The number of likely N-dealkylation sites (N-methyl/N-ethyl adjacent to an activating group) is 4. The lowest BCUT2D eigenvalue weighted by atomic mass is 9.96. The lowest BCUT2D eigenvalue weighted by molar-refractivity contribution is -0.165. The summed E-state index contributed by atoms with van der Waals surface area (Å²) in [5.41, 5.74) is 3.86. The molecule has 10 nitrogen and oxygen atoms in total. The molecule has 4 fully saturated rings. The van der Waals surface area contributed by atoms with Crippen LogP contribution in [0.3, 0.4) is 0 Å². The molecule has 0 spiro atoms. The summed E-state index contributed by atoms with van der Waals surface area (Å²) in [6.07, 6.45) is 4.81. The van der Waals surface area contributed by atoms with Gasteiger partial charge in [0.1, 0.15) is 4.75 Å². The van der Waals surface area contributed by atoms with E-state index in [1.165, 1.54) is 64.9 Å². The number of amides is 4. The molecule has 3 N–H and O–H groups in total. The minimum atomic E-state index is -1.36. The highest BCUT2D eigenvalue weighted by molar-refractivity contribution is 8.78. The standard InChI is InChI=1S/C31H36N4O6S4/c1-28(25(39)33(3)30(18-36,44-42-28)24(38)32-2)16-22-12-8-20(9-13-22)6-7-21-10-14-23(15-11-21)17-29-26(40)35(5)31(19-37,45-43-29)27(41)34(29)4/h6-15,36-37H,16-19H2,1-5H3,(H,32,38)/b7-6+/t28-,29-,30-,31-/m0/s1. The third-order valence-corrected chi connectivity index (χ3v) is 16.3. The number of fused-ring (bicyclic) bond motifs is 3. The number of carbonyl (C=O) groups excluding carboxylic acids is 4. The second-order valence-corrected chi connectivity index (χ2v) is 17.2. The second kappa shape index (κ2) is 12.5. The molecule has 4 aliphatic heterocycles. The molecular weight excluding hydrogens is 653 g/mol. The highest BCUT2D eigenvalue weighted by Gasteiger charge is 2.67. The van der Waals surface area contributed by atoms with Crippen LogP contribution in [0, 0.1) is 0 Å². The maximum Gasteiger partial charge on any atom is 0.263 e. The molecule has 240 valence electrons. The number of piperazine rings is 1. The molecule has 2 bridgehead atoms. The zero-order chi connectivity index (χ0) is 32.8. The molecule has 6 rings (SSSR count). The number of nitrogens with zero attached hydrogens (tertiary/aromatic N) is 3. The third-order valence-electron chi connectivity index (χ3n) is 8.76. The summed E-state index contributed by atoms with van der Waals surface area (Å²) in [5.74, 6) is -1.09. The molecule has 45 heavy (non-hydrogen) atoms. The van der Waals surface area contributed by atoms with Crippen LogP contribution in [-0.2, 0) is 32.0 Å². The zero-order valence-corrected chi connectivity index (χ0v) is 28.9. The minimum absolute atomic E-state index is 0.191. The van der Waals surface area contributed by atoms with Crippen LogP contribution in [0.15, 0.2) is 48.5 Å². The van der Waals surface area contributed by atoms with Crippen LogP contribution in [0.25, 0.3) is 12.2 Å². The molecule has 0 radical (unpaired) electrons. The summed E-state index contributed by atoms with van der Waals surface area (Å²) in [4.78, 5) is 52.8. The van der Waals surface area contributed by atoms with Gasteiger partial charge in [-0.05, 0) is 46.4 Å². The number of rotatable bonds is 9. The van der Waals surface area contributed by atoms with Crippen molar-refractivity contribution < 1.29 is 29.4 Å². The number of carbonyl (C=O) groups is 4. The van der Waals surface area contributed by atoms with E-state index in [1.54, 1.807) is 21.1 Å². The van der Waals surface area contributed by atoms with Gasteiger partial charge in [-0.3, -0.25) is 19.2 Å². The largest absolute Gasteiger partial charge is 0.392 e. The van der Waals surface area contributed by atoms with Gasteiger partial charge >= 0.3 is 0 Å². The molecular formula is C31H36N4O6S4. The van der Waals surface area contributed by atoms with Crippen molar-refractivity contribution in [2.45, 2.75) is 39.1 Å². The fourth-order valence-corrected chi connectivity index (χ4v) is 12.6. The van der Waals surface area contributed by atoms with E-state index in [0.717, 1.165) is 22.3 Å². The van der Waals surface area contributed by atoms with Gasteiger partial charge in [-0.1, -0.05) is 93.1 Å². The number of hydrogen-bond donors (Lipinski definition) is 3. The van der Waals surface area contributed by atoms with Crippen LogP contribution in [0.2, 0.25) is 0 Å². The van der Waals surface area contributed by atoms with Crippen molar-refractivity contribution in [2.75, 3.05) is 41.4 Å². The van der Waals surface area contributed by atoms with E-state index in [0.29, 0.717) is 12.8 Å². The number of aliphatic hydroxyl groups is 2. The summed E-state index contributed by atoms with van der Waals surface area (Å²) in [6.45, 7) is 0.947. The van der Waals surface area contributed by atoms with E-state index in [2.05, 4.69) is 5.32 Å². The Kier molecular flexibility index (Phi) is 9.39. The Bertz CT molecular complexity index is 1540. The summed E-state index contributed by atoms with van der Waals surface area (Å²) < 4.78 is -0.804. The van der Waals surface area contributed by atoms with Crippen LogP contribution in [0.1, 0.15) is 29.2 Å². The Labute approximate surface area is 278 Å². The average Bonchev–Trinajstić information content (AvgIpc) is 3.05.